The molecule has 78 valence electrons. The monoisotopic (exact) mass is 202 g/mol. The standard InChI is InChI=1S/C12H14N2O/c1-10(2)14-9-8-13-12(14)15-11-6-4-3-5-7-11/h3-10H,1-2H3. The summed E-state index contributed by atoms with van der Waals surface area (Å²) in [5.41, 5.74) is 0. The lowest BCUT2D eigenvalue weighted by molar-refractivity contribution is 0.396. The second-order valence-electron chi connectivity index (χ2n) is 3.63. The minimum Gasteiger partial charge on any atom is -0.426 e. The third-order valence-corrected chi connectivity index (χ3v) is 2.14. The minimum absolute atomic E-state index is 0.353. The largest absolute Gasteiger partial charge is 0.426 e. The molecule has 1 aromatic carbocycles. The molecule has 0 N–H and O–H groups in total. The molecule has 1 heterocycles. The summed E-state index contributed by atoms with van der Waals surface area (Å²) in [6.45, 7) is 4.19. The summed E-state index contributed by atoms with van der Waals surface area (Å²) in [5.74, 6) is 0.811. The topological polar surface area (TPSA) is 27.1 Å². The second kappa shape index (κ2) is 4.17. The van der Waals surface area contributed by atoms with E-state index >= 15 is 0 Å². The third-order valence-electron chi connectivity index (χ3n) is 2.14. The molecule has 0 amide bonds. The Morgan fingerprint density at radius 3 is 2.60 bits per heavy atom. The number of para-hydroxylation sites is 1. The number of rotatable bonds is 3. The average Bonchev–Trinajstić information content (AvgIpc) is 2.67. The molecule has 0 unspecified atom stereocenters. The molecule has 3 heteroatoms. The highest BCUT2D eigenvalue weighted by Gasteiger charge is 2.07. The number of ether oxygens (including phenoxy) is 1. The predicted molar refractivity (Wildman–Crippen MR) is 59.1 cm³/mol. The van der Waals surface area contributed by atoms with E-state index in [1.165, 1.54) is 0 Å². The fourth-order valence-electron chi connectivity index (χ4n) is 1.37. The van der Waals surface area contributed by atoms with Gasteiger partial charge in [0.05, 0.1) is 0 Å². The highest BCUT2D eigenvalue weighted by Crippen LogP contribution is 2.21. The molecule has 1 aromatic heterocycles. The van der Waals surface area contributed by atoms with Crippen molar-refractivity contribution in [3.05, 3.63) is 42.7 Å². The van der Waals surface area contributed by atoms with Crippen molar-refractivity contribution in [2.24, 2.45) is 0 Å². The molecular formula is C12H14N2O. The van der Waals surface area contributed by atoms with Gasteiger partial charge in [-0.2, -0.15) is 0 Å². The Hall–Kier alpha value is -1.77. The first kappa shape index (κ1) is 9.77. The van der Waals surface area contributed by atoms with Gasteiger partial charge in [0.1, 0.15) is 5.75 Å². The van der Waals surface area contributed by atoms with Gasteiger partial charge in [-0.15, -0.1) is 0 Å². The lowest BCUT2D eigenvalue weighted by atomic mass is 10.3. The molecule has 3 nitrogen and oxygen atoms in total. The van der Waals surface area contributed by atoms with Crippen LogP contribution in [0.25, 0.3) is 0 Å². The molecule has 2 rings (SSSR count). The molecular weight excluding hydrogens is 188 g/mol. The van der Waals surface area contributed by atoms with Gasteiger partial charge in [0.15, 0.2) is 0 Å². The van der Waals surface area contributed by atoms with Crippen LogP contribution in [0.5, 0.6) is 11.8 Å². The zero-order valence-electron chi connectivity index (χ0n) is 8.92. The van der Waals surface area contributed by atoms with Crippen LogP contribution in [-0.2, 0) is 0 Å². The number of hydrogen-bond acceptors (Lipinski definition) is 2. The first-order valence-corrected chi connectivity index (χ1v) is 5.03. The Kier molecular flexibility index (Phi) is 2.72. The zero-order chi connectivity index (χ0) is 10.7. The Balaban J connectivity index is 2.21. The molecule has 2 aromatic rings. The molecule has 0 bridgehead atoms. The first-order valence-electron chi connectivity index (χ1n) is 5.03. The average molecular weight is 202 g/mol. The molecule has 0 atom stereocenters. The predicted octanol–water partition coefficient (Wildman–Crippen LogP) is 3.26. The SMILES string of the molecule is CC(C)n1ccnc1Oc1ccccc1. The molecule has 0 radical (unpaired) electrons. The maximum absolute atomic E-state index is 5.66. The Morgan fingerprint density at radius 1 is 1.20 bits per heavy atom. The van der Waals surface area contributed by atoms with Gasteiger partial charge in [-0.05, 0) is 26.0 Å². The summed E-state index contributed by atoms with van der Waals surface area (Å²) in [6.07, 6.45) is 3.67. The maximum Gasteiger partial charge on any atom is 0.302 e. The van der Waals surface area contributed by atoms with E-state index in [4.69, 9.17) is 4.74 Å². The van der Waals surface area contributed by atoms with Crippen LogP contribution in [0.3, 0.4) is 0 Å². The van der Waals surface area contributed by atoms with Gasteiger partial charge >= 0.3 is 6.01 Å². The molecule has 0 saturated heterocycles. The van der Waals surface area contributed by atoms with Crippen LogP contribution in [-0.4, -0.2) is 9.55 Å². The van der Waals surface area contributed by atoms with E-state index in [1.807, 2.05) is 41.1 Å². The van der Waals surface area contributed by atoms with Crippen molar-refractivity contribution in [1.29, 1.82) is 0 Å². The molecule has 0 aliphatic heterocycles. The first-order chi connectivity index (χ1) is 7.27. The van der Waals surface area contributed by atoms with Crippen molar-refractivity contribution >= 4 is 0 Å². The Morgan fingerprint density at radius 2 is 1.93 bits per heavy atom. The maximum atomic E-state index is 5.66. The van der Waals surface area contributed by atoms with Gasteiger partial charge < -0.3 is 4.74 Å². The number of aromatic nitrogens is 2. The number of hydrogen-bond donors (Lipinski definition) is 0. The zero-order valence-corrected chi connectivity index (χ0v) is 8.92. The molecule has 15 heavy (non-hydrogen) atoms. The van der Waals surface area contributed by atoms with E-state index in [0.29, 0.717) is 12.1 Å². The third kappa shape index (κ3) is 2.18. The van der Waals surface area contributed by atoms with Gasteiger partial charge in [-0.3, -0.25) is 4.57 Å². The lowest BCUT2D eigenvalue weighted by Gasteiger charge is -2.11. The van der Waals surface area contributed by atoms with E-state index in [9.17, 15) is 0 Å². The van der Waals surface area contributed by atoms with Crippen molar-refractivity contribution in [3.8, 4) is 11.8 Å². The Labute approximate surface area is 89.3 Å². The molecule has 0 saturated carbocycles. The van der Waals surface area contributed by atoms with Crippen LogP contribution < -0.4 is 4.74 Å². The Bertz CT molecular complexity index is 420. The van der Waals surface area contributed by atoms with Crippen LogP contribution in [0.4, 0.5) is 0 Å². The van der Waals surface area contributed by atoms with Crippen molar-refractivity contribution in [2.45, 2.75) is 19.9 Å². The number of imidazole rings is 1. The van der Waals surface area contributed by atoms with E-state index in [0.717, 1.165) is 5.75 Å². The molecule has 0 aliphatic carbocycles. The normalized spacial score (nSPS) is 10.6. The quantitative estimate of drug-likeness (QED) is 0.763. The summed E-state index contributed by atoms with van der Waals surface area (Å²) in [4.78, 5) is 4.17. The summed E-state index contributed by atoms with van der Waals surface area (Å²) in [7, 11) is 0. The summed E-state index contributed by atoms with van der Waals surface area (Å²) in [5, 5.41) is 0. The summed E-state index contributed by atoms with van der Waals surface area (Å²) < 4.78 is 7.66. The van der Waals surface area contributed by atoms with E-state index in [-0.39, 0.29) is 0 Å². The summed E-state index contributed by atoms with van der Waals surface area (Å²) >= 11 is 0. The van der Waals surface area contributed by atoms with E-state index < -0.39 is 0 Å². The highest BCUT2D eigenvalue weighted by molar-refractivity contribution is 5.24. The van der Waals surface area contributed by atoms with E-state index in [1.54, 1.807) is 6.20 Å². The van der Waals surface area contributed by atoms with Gasteiger partial charge in [-0.25, -0.2) is 4.98 Å². The molecule has 0 fully saturated rings. The van der Waals surface area contributed by atoms with Gasteiger partial charge in [0, 0.05) is 18.4 Å². The van der Waals surface area contributed by atoms with Crippen molar-refractivity contribution < 1.29 is 4.74 Å². The highest BCUT2D eigenvalue weighted by atomic mass is 16.5. The molecule has 0 spiro atoms. The summed E-state index contributed by atoms with van der Waals surface area (Å²) in [6, 6.07) is 10.7. The lowest BCUT2D eigenvalue weighted by Crippen LogP contribution is -2.01. The van der Waals surface area contributed by atoms with Crippen molar-refractivity contribution in [1.82, 2.24) is 9.55 Å². The van der Waals surface area contributed by atoms with Crippen molar-refractivity contribution in [3.63, 3.8) is 0 Å². The number of benzene rings is 1. The van der Waals surface area contributed by atoms with Crippen molar-refractivity contribution in [2.75, 3.05) is 0 Å². The fraction of sp³-hybridized carbons (Fsp3) is 0.250. The van der Waals surface area contributed by atoms with Crippen LogP contribution in [0.15, 0.2) is 42.7 Å². The smallest absolute Gasteiger partial charge is 0.302 e. The fourth-order valence-corrected chi connectivity index (χ4v) is 1.37. The van der Waals surface area contributed by atoms with Gasteiger partial charge in [0.2, 0.25) is 0 Å². The molecule has 0 aliphatic rings. The number of nitrogens with zero attached hydrogens (tertiary/aromatic N) is 2. The second-order valence-corrected chi connectivity index (χ2v) is 3.63. The van der Waals surface area contributed by atoms with Crippen LogP contribution in [0.1, 0.15) is 19.9 Å². The van der Waals surface area contributed by atoms with Gasteiger partial charge in [0.25, 0.3) is 0 Å². The van der Waals surface area contributed by atoms with Crippen LogP contribution in [0.2, 0.25) is 0 Å². The van der Waals surface area contributed by atoms with Crippen LogP contribution in [0, 0.1) is 0 Å². The van der Waals surface area contributed by atoms with Gasteiger partial charge in [-0.1, -0.05) is 18.2 Å². The minimum atomic E-state index is 0.353. The van der Waals surface area contributed by atoms with E-state index in [2.05, 4.69) is 18.8 Å². The van der Waals surface area contributed by atoms with Crippen LogP contribution >= 0.6 is 0 Å².